The van der Waals surface area contributed by atoms with Gasteiger partial charge in [-0.2, -0.15) is 0 Å². The van der Waals surface area contributed by atoms with E-state index in [1.165, 1.54) is 8.96 Å². The summed E-state index contributed by atoms with van der Waals surface area (Å²) in [5, 5.41) is 0. The lowest BCUT2D eigenvalue weighted by Crippen LogP contribution is -1.57. The van der Waals surface area contributed by atoms with Crippen molar-refractivity contribution in [1.29, 1.82) is 0 Å². The topological polar surface area (TPSA) is 0 Å². The third kappa shape index (κ3) is 1.16. The molecule has 0 nitrogen and oxygen atoms in total. The molecule has 0 N–H and O–H groups in total. The Balaban J connectivity index is 2.79. The van der Waals surface area contributed by atoms with Gasteiger partial charge in [0.2, 0.25) is 0 Å². The van der Waals surface area contributed by atoms with Gasteiger partial charge >= 0.3 is 0 Å². The summed E-state index contributed by atoms with van der Waals surface area (Å²) < 4.78 is 2.42. The smallest absolute Gasteiger partial charge is 0.0276 e. The first-order valence-corrected chi connectivity index (χ1v) is 3.60. The Bertz CT molecular complexity index is 133. The SMILES string of the molecule is BrC1=C(Br)CC=C1. The summed E-state index contributed by atoms with van der Waals surface area (Å²) in [4.78, 5) is 0. The van der Waals surface area contributed by atoms with Crippen molar-refractivity contribution in [3.8, 4) is 0 Å². The molecule has 0 heterocycles. The molecule has 0 fully saturated rings. The Hall–Kier alpha value is 0.440. The molecule has 0 unspecified atom stereocenters. The van der Waals surface area contributed by atoms with Gasteiger partial charge in [-0.1, -0.05) is 28.1 Å². The van der Waals surface area contributed by atoms with E-state index in [9.17, 15) is 0 Å². The van der Waals surface area contributed by atoms with Crippen LogP contribution in [0.2, 0.25) is 0 Å². The van der Waals surface area contributed by atoms with E-state index < -0.39 is 0 Å². The Morgan fingerprint density at radius 1 is 1.43 bits per heavy atom. The van der Waals surface area contributed by atoms with Crippen molar-refractivity contribution >= 4 is 31.9 Å². The highest BCUT2D eigenvalue weighted by molar-refractivity contribution is 9.14. The van der Waals surface area contributed by atoms with Crippen molar-refractivity contribution in [2.24, 2.45) is 0 Å². The fourth-order valence-corrected chi connectivity index (χ4v) is 1.12. The van der Waals surface area contributed by atoms with Crippen LogP contribution in [0.1, 0.15) is 6.42 Å². The molecular formula is C5H4Br2. The van der Waals surface area contributed by atoms with Crippen LogP contribution in [0.4, 0.5) is 0 Å². The summed E-state index contributed by atoms with van der Waals surface area (Å²) in [6, 6.07) is 0. The van der Waals surface area contributed by atoms with Gasteiger partial charge in [-0.25, -0.2) is 0 Å². The largest absolute Gasteiger partial charge is 0.0784 e. The molecule has 0 aromatic carbocycles. The molecule has 0 atom stereocenters. The van der Waals surface area contributed by atoms with E-state index in [0.29, 0.717) is 0 Å². The fourth-order valence-electron chi connectivity index (χ4n) is 0.454. The number of hydrogen-bond acceptors (Lipinski definition) is 0. The highest BCUT2D eigenvalue weighted by atomic mass is 79.9. The second-order valence-electron chi connectivity index (χ2n) is 1.36. The molecule has 0 aromatic heterocycles. The van der Waals surface area contributed by atoms with Gasteiger partial charge in [0.05, 0.1) is 0 Å². The second kappa shape index (κ2) is 2.14. The molecule has 0 bridgehead atoms. The molecule has 0 saturated heterocycles. The molecule has 0 aromatic rings. The van der Waals surface area contributed by atoms with Crippen LogP contribution in [-0.4, -0.2) is 0 Å². The van der Waals surface area contributed by atoms with E-state index in [-0.39, 0.29) is 0 Å². The zero-order valence-corrected chi connectivity index (χ0v) is 6.79. The predicted molar refractivity (Wildman–Crippen MR) is 38.6 cm³/mol. The molecule has 1 rings (SSSR count). The number of halogens is 2. The standard InChI is InChI=1S/C5H4Br2/c6-4-2-1-3-5(4)7/h1-2H,3H2. The Kier molecular flexibility index (Phi) is 1.70. The van der Waals surface area contributed by atoms with Crippen molar-refractivity contribution in [2.45, 2.75) is 6.42 Å². The van der Waals surface area contributed by atoms with Gasteiger partial charge in [0, 0.05) is 8.96 Å². The maximum Gasteiger partial charge on any atom is 0.0276 e. The zero-order chi connectivity index (χ0) is 5.28. The first-order valence-electron chi connectivity index (χ1n) is 2.01. The summed E-state index contributed by atoms with van der Waals surface area (Å²) in [6.07, 6.45) is 5.19. The number of hydrogen-bond donors (Lipinski definition) is 0. The minimum absolute atomic E-state index is 1.04. The van der Waals surface area contributed by atoms with Gasteiger partial charge in [0.15, 0.2) is 0 Å². The Morgan fingerprint density at radius 2 is 2.14 bits per heavy atom. The molecule has 0 amide bonds. The lowest BCUT2D eigenvalue weighted by molar-refractivity contribution is 1.42. The van der Waals surface area contributed by atoms with Crippen molar-refractivity contribution in [3.05, 3.63) is 21.1 Å². The average Bonchev–Trinajstić information content (AvgIpc) is 1.91. The Labute approximate surface area is 59.5 Å². The van der Waals surface area contributed by atoms with Gasteiger partial charge in [-0.15, -0.1) is 0 Å². The summed E-state index contributed by atoms with van der Waals surface area (Å²) in [5.41, 5.74) is 0. The molecule has 7 heavy (non-hydrogen) atoms. The zero-order valence-electron chi connectivity index (χ0n) is 3.62. The van der Waals surface area contributed by atoms with Gasteiger partial charge < -0.3 is 0 Å². The summed E-state index contributed by atoms with van der Waals surface area (Å²) in [5.74, 6) is 0. The Morgan fingerprint density at radius 3 is 2.29 bits per heavy atom. The molecule has 0 spiro atoms. The minimum atomic E-state index is 1.04. The first kappa shape index (κ1) is 5.57. The monoisotopic (exact) mass is 222 g/mol. The van der Waals surface area contributed by atoms with Gasteiger partial charge in [-0.3, -0.25) is 0 Å². The molecular weight excluding hydrogens is 220 g/mol. The van der Waals surface area contributed by atoms with Crippen LogP contribution in [0.3, 0.4) is 0 Å². The quantitative estimate of drug-likeness (QED) is 0.593. The van der Waals surface area contributed by atoms with Crippen molar-refractivity contribution in [2.75, 3.05) is 0 Å². The normalized spacial score (nSPS) is 19.1. The van der Waals surface area contributed by atoms with E-state index in [1.54, 1.807) is 0 Å². The molecule has 1 aliphatic carbocycles. The molecule has 1 aliphatic rings. The fraction of sp³-hybridized carbons (Fsp3) is 0.200. The summed E-state index contributed by atoms with van der Waals surface area (Å²) in [6.45, 7) is 0. The van der Waals surface area contributed by atoms with Crippen LogP contribution in [0.5, 0.6) is 0 Å². The highest BCUT2D eigenvalue weighted by Gasteiger charge is 1.99. The average molecular weight is 224 g/mol. The number of rotatable bonds is 0. The van der Waals surface area contributed by atoms with E-state index >= 15 is 0 Å². The maximum atomic E-state index is 3.37. The van der Waals surface area contributed by atoms with E-state index in [1.807, 2.05) is 6.08 Å². The van der Waals surface area contributed by atoms with Gasteiger partial charge in [0.1, 0.15) is 0 Å². The van der Waals surface area contributed by atoms with E-state index in [4.69, 9.17) is 0 Å². The van der Waals surface area contributed by atoms with E-state index in [2.05, 4.69) is 37.9 Å². The second-order valence-corrected chi connectivity index (χ2v) is 3.17. The van der Waals surface area contributed by atoms with Crippen LogP contribution in [-0.2, 0) is 0 Å². The highest BCUT2D eigenvalue weighted by Crippen LogP contribution is 2.27. The molecule has 2 heteroatoms. The predicted octanol–water partition coefficient (Wildman–Crippen LogP) is 2.95. The van der Waals surface area contributed by atoms with Crippen molar-refractivity contribution in [1.82, 2.24) is 0 Å². The summed E-state index contributed by atoms with van der Waals surface area (Å²) >= 11 is 6.72. The lowest BCUT2D eigenvalue weighted by Gasteiger charge is -1.82. The number of allylic oxidation sites excluding steroid dienone is 4. The molecule has 0 saturated carbocycles. The van der Waals surface area contributed by atoms with Crippen LogP contribution in [0, 0.1) is 0 Å². The third-order valence-electron chi connectivity index (χ3n) is 0.820. The lowest BCUT2D eigenvalue weighted by atomic mass is 10.5. The van der Waals surface area contributed by atoms with Crippen LogP contribution < -0.4 is 0 Å². The van der Waals surface area contributed by atoms with Gasteiger partial charge in [0.25, 0.3) is 0 Å². The molecule has 0 radical (unpaired) electrons. The van der Waals surface area contributed by atoms with Crippen LogP contribution in [0.15, 0.2) is 21.1 Å². The first-order chi connectivity index (χ1) is 3.30. The summed E-state index contributed by atoms with van der Waals surface area (Å²) in [7, 11) is 0. The van der Waals surface area contributed by atoms with E-state index in [0.717, 1.165) is 6.42 Å². The van der Waals surface area contributed by atoms with Crippen LogP contribution >= 0.6 is 31.9 Å². The van der Waals surface area contributed by atoms with Crippen molar-refractivity contribution < 1.29 is 0 Å². The van der Waals surface area contributed by atoms with Crippen molar-refractivity contribution in [3.63, 3.8) is 0 Å². The van der Waals surface area contributed by atoms with Gasteiger partial charge in [-0.05, 0) is 22.4 Å². The third-order valence-corrected chi connectivity index (χ3v) is 2.85. The maximum absolute atomic E-state index is 3.37. The minimum Gasteiger partial charge on any atom is -0.0784 e. The van der Waals surface area contributed by atoms with Crippen LogP contribution in [0.25, 0.3) is 0 Å². The molecule has 0 aliphatic heterocycles. The molecule has 38 valence electrons.